The summed E-state index contributed by atoms with van der Waals surface area (Å²) in [6.45, 7) is 27.8. The fraction of sp³-hybridized carbons (Fsp3) is 0.478. The highest BCUT2D eigenvalue weighted by atomic mass is 14.7. The van der Waals surface area contributed by atoms with Gasteiger partial charge in [0.2, 0.25) is 0 Å². The van der Waals surface area contributed by atoms with Crippen molar-refractivity contribution >= 4 is 0 Å². The molecule has 0 spiro atoms. The van der Waals surface area contributed by atoms with Crippen molar-refractivity contribution in [3.8, 4) is 0 Å². The Bertz CT molecular complexity index is 1380. The molecule has 0 aliphatic heterocycles. The van der Waals surface area contributed by atoms with Crippen molar-refractivity contribution in [2.75, 3.05) is 0 Å². The number of benzene rings is 4. The second kappa shape index (κ2) is 11.2. The van der Waals surface area contributed by atoms with Crippen LogP contribution in [0.4, 0.5) is 0 Å². The second-order valence-corrected chi connectivity index (χ2v) is 18.7. The van der Waals surface area contributed by atoms with Crippen LogP contribution in [0.5, 0.6) is 0 Å². The van der Waals surface area contributed by atoms with Crippen LogP contribution in [0.3, 0.4) is 0 Å². The average Bonchev–Trinajstić information content (AvgIpc) is 3.88. The van der Waals surface area contributed by atoms with Gasteiger partial charge in [0.1, 0.15) is 0 Å². The van der Waals surface area contributed by atoms with Gasteiger partial charge in [-0.2, -0.15) is 0 Å². The molecule has 0 aromatic heterocycles. The molecule has 0 bridgehead atoms. The standard InChI is InChI=1S/C46H58/c1-43(2,3)33-21-13-29(14-22-33)37-38(30-15-23-34(24-16-30)44(4,5)6)41(37)42-39(31-17-25-35(26-18-31)45(7,8)9)40(42)32-19-27-36(28-20-32)46(10,11)12/h13-28,37-42H,1-12H3/t37-,38-,39+,40+. The Morgan fingerprint density at radius 1 is 0.261 bits per heavy atom. The van der Waals surface area contributed by atoms with Gasteiger partial charge in [0.15, 0.2) is 0 Å². The first-order chi connectivity index (χ1) is 21.4. The highest BCUT2D eigenvalue weighted by Crippen LogP contribution is 2.77. The number of hydrogen-bond acceptors (Lipinski definition) is 0. The Balaban J connectivity index is 1.40. The van der Waals surface area contributed by atoms with E-state index in [1.54, 1.807) is 0 Å². The number of hydrogen-bond donors (Lipinski definition) is 0. The third-order valence-electron chi connectivity index (χ3n) is 11.2. The van der Waals surface area contributed by atoms with Gasteiger partial charge in [-0.3, -0.25) is 0 Å². The maximum atomic E-state index is 2.45. The molecular weight excluding hydrogens is 553 g/mol. The van der Waals surface area contributed by atoms with Crippen LogP contribution in [-0.2, 0) is 21.7 Å². The average molecular weight is 611 g/mol. The molecule has 4 aromatic rings. The van der Waals surface area contributed by atoms with E-state index in [0.29, 0.717) is 35.5 Å². The Kier molecular flexibility index (Phi) is 8.02. The van der Waals surface area contributed by atoms with E-state index in [0.717, 1.165) is 0 Å². The van der Waals surface area contributed by atoms with Gasteiger partial charge in [-0.05, 0) is 102 Å². The van der Waals surface area contributed by atoms with E-state index in [-0.39, 0.29) is 21.7 Å². The van der Waals surface area contributed by atoms with E-state index in [9.17, 15) is 0 Å². The maximum absolute atomic E-state index is 2.45. The Labute approximate surface area is 281 Å². The van der Waals surface area contributed by atoms with Crippen LogP contribution < -0.4 is 0 Å². The molecule has 0 heteroatoms. The fourth-order valence-electron chi connectivity index (χ4n) is 8.17. The van der Waals surface area contributed by atoms with Gasteiger partial charge in [-0.25, -0.2) is 0 Å². The Hall–Kier alpha value is -3.12. The lowest BCUT2D eigenvalue weighted by Crippen LogP contribution is -2.10. The van der Waals surface area contributed by atoms with Crippen LogP contribution in [0.2, 0.25) is 0 Å². The van der Waals surface area contributed by atoms with Gasteiger partial charge in [0, 0.05) is 0 Å². The van der Waals surface area contributed by atoms with Crippen molar-refractivity contribution in [3.63, 3.8) is 0 Å². The summed E-state index contributed by atoms with van der Waals surface area (Å²) in [5.74, 6) is 3.45. The van der Waals surface area contributed by atoms with Gasteiger partial charge in [-0.15, -0.1) is 0 Å². The molecule has 0 unspecified atom stereocenters. The highest BCUT2D eigenvalue weighted by Gasteiger charge is 2.67. The van der Waals surface area contributed by atoms with E-state index in [1.165, 1.54) is 44.5 Å². The minimum absolute atomic E-state index is 0.161. The molecule has 242 valence electrons. The quantitative estimate of drug-likeness (QED) is 0.211. The summed E-state index contributed by atoms with van der Waals surface area (Å²) in [4.78, 5) is 0. The van der Waals surface area contributed by atoms with Crippen molar-refractivity contribution < 1.29 is 0 Å². The topological polar surface area (TPSA) is 0 Å². The van der Waals surface area contributed by atoms with Crippen LogP contribution in [0.25, 0.3) is 0 Å². The third-order valence-corrected chi connectivity index (χ3v) is 11.2. The zero-order valence-corrected chi connectivity index (χ0v) is 30.7. The minimum Gasteiger partial charge on any atom is -0.0584 e. The zero-order chi connectivity index (χ0) is 33.4. The molecule has 2 fully saturated rings. The summed E-state index contributed by atoms with van der Waals surface area (Å²) >= 11 is 0. The molecule has 0 nitrogen and oxygen atoms in total. The predicted molar refractivity (Wildman–Crippen MR) is 199 cm³/mol. The SMILES string of the molecule is CC(C)(C)c1ccc([C@@H]2C(C3[C@H](c4ccc(C(C)(C)C)cc4)[C@H]3c3ccc(C(C)(C)C)cc3)[C@H]2c2ccc(C(C)(C)C)cc2)cc1. The summed E-state index contributed by atoms with van der Waals surface area (Å²) in [5, 5.41) is 0. The zero-order valence-electron chi connectivity index (χ0n) is 30.7. The van der Waals surface area contributed by atoms with E-state index in [2.05, 4.69) is 180 Å². The normalized spacial score (nSPS) is 25.0. The van der Waals surface area contributed by atoms with E-state index in [1.807, 2.05) is 0 Å². The molecule has 6 rings (SSSR count). The minimum atomic E-state index is 0.161. The molecule has 0 heterocycles. The molecular formula is C46H58. The molecule has 4 aromatic carbocycles. The summed E-state index contributed by atoms with van der Waals surface area (Å²) in [6, 6.07) is 38.7. The van der Waals surface area contributed by atoms with Crippen LogP contribution >= 0.6 is 0 Å². The van der Waals surface area contributed by atoms with Crippen molar-refractivity contribution in [2.45, 2.75) is 128 Å². The van der Waals surface area contributed by atoms with Crippen molar-refractivity contribution in [2.24, 2.45) is 11.8 Å². The van der Waals surface area contributed by atoms with Gasteiger partial charge in [0.25, 0.3) is 0 Å². The van der Waals surface area contributed by atoms with Gasteiger partial charge >= 0.3 is 0 Å². The predicted octanol–water partition coefficient (Wildman–Crippen LogP) is 12.6. The largest absolute Gasteiger partial charge is 0.0584 e. The second-order valence-electron chi connectivity index (χ2n) is 18.7. The molecule has 46 heavy (non-hydrogen) atoms. The number of rotatable bonds is 5. The lowest BCUT2D eigenvalue weighted by Gasteiger charge is -2.19. The molecule has 0 amide bonds. The molecule has 4 atom stereocenters. The summed E-state index contributed by atoms with van der Waals surface area (Å²) < 4.78 is 0. The fourth-order valence-corrected chi connectivity index (χ4v) is 8.17. The molecule has 0 saturated heterocycles. The summed E-state index contributed by atoms with van der Waals surface area (Å²) in [6.07, 6.45) is 0. The lowest BCUT2D eigenvalue weighted by molar-refractivity contribution is 0.588. The van der Waals surface area contributed by atoms with E-state index >= 15 is 0 Å². The van der Waals surface area contributed by atoms with Crippen molar-refractivity contribution in [1.29, 1.82) is 0 Å². The van der Waals surface area contributed by atoms with E-state index in [4.69, 9.17) is 0 Å². The molecule has 0 radical (unpaired) electrons. The van der Waals surface area contributed by atoms with Gasteiger partial charge < -0.3 is 0 Å². The first kappa shape index (κ1) is 32.8. The van der Waals surface area contributed by atoms with Crippen molar-refractivity contribution in [3.05, 3.63) is 142 Å². The third kappa shape index (κ3) is 6.39. The van der Waals surface area contributed by atoms with Gasteiger partial charge in [0.05, 0.1) is 0 Å². The van der Waals surface area contributed by atoms with Gasteiger partial charge in [-0.1, -0.05) is 180 Å². The van der Waals surface area contributed by atoms with Crippen LogP contribution in [0.15, 0.2) is 97.1 Å². The summed E-state index contributed by atoms with van der Waals surface area (Å²) in [7, 11) is 0. The van der Waals surface area contributed by atoms with E-state index < -0.39 is 0 Å². The van der Waals surface area contributed by atoms with Crippen LogP contribution in [0.1, 0.15) is 151 Å². The summed E-state index contributed by atoms with van der Waals surface area (Å²) in [5.41, 5.74) is 12.4. The first-order valence-electron chi connectivity index (χ1n) is 17.8. The molecule has 2 aliphatic carbocycles. The highest BCUT2D eigenvalue weighted by molar-refractivity contribution is 5.50. The monoisotopic (exact) mass is 610 g/mol. The molecule has 2 aliphatic rings. The van der Waals surface area contributed by atoms with Crippen LogP contribution in [0, 0.1) is 11.8 Å². The Morgan fingerprint density at radius 3 is 0.543 bits per heavy atom. The smallest absolute Gasteiger partial charge is 0.00526 e. The Morgan fingerprint density at radius 2 is 0.413 bits per heavy atom. The molecule has 0 N–H and O–H groups in total. The molecule has 2 saturated carbocycles. The first-order valence-corrected chi connectivity index (χ1v) is 17.8. The van der Waals surface area contributed by atoms with Crippen LogP contribution in [-0.4, -0.2) is 0 Å². The lowest BCUT2D eigenvalue weighted by atomic mass is 9.86. The van der Waals surface area contributed by atoms with Crippen molar-refractivity contribution in [1.82, 2.24) is 0 Å². The maximum Gasteiger partial charge on any atom is -0.00526 e.